The molecule has 0 aromatic heterocycles. The number of esters is 2. The number of hydrogen-bond donors (Lipinski definition) is 2. The number of phosphoric acid groups is 1. The summed E-state index contributed by atoms with van der Waals surface area (Å²) in [5.41, 5.74) is 0. The van der Waals surface area contributed by atoms with Crippen LogP contribution in [0.3, 0.4) is 0 Å². The molecule has 9 nitrogen and oxygen atoms in total. The van der Waals surface area contributed by atoms with Gasteiger partial charge in [-0.05, 0) is 58.4 Å². The van der Waals surface area contributed by atoms with Crippen LogP contribution in [0.25, 0.3) is 0 Å². The Hall–Kier alpha value is -2.29. The number of ether oxygens (including phenoxy) is 2. The molecule has 0 spiro atoms. The second-order valence-electron chi connectivity index (χ2n) is 15.9. The molecule has 0 rings (SSSR count). The molecule has 0 aromatic rings. The van der Waals surface area contributed by atoms with Gasteiger partial charge in [0.15, 0.2) is 6.10 Å². The van der Waals surface area contributed by atoms with Crippen LogP contribution in [0.15, 0.2) is 60.8 Å². The molecule has 0 aliphatic heterocycles. The van der Waals surface area contributed by atoms with Crippen molar-refractivity contribution in [1.29, 1.82) is 0 Å². The molecule has 0 fully saturated rings. The normalized spacial score (nSPS) is 13.7. The fraction of sp³-hybridized carbons (Fsp3) is 0.760. The number of phosphoric ester groups is 1. The van der Waals surface area contributed by atoms with Gasteiger partial charge in [-0.2, -0.15) is 0 Å². The van der Waals surface area contributed by atoms with E-state index >= 15 is 0 Å². The molecule has 2 N–H and O–H groups in total. The van der Waals surface area contributed by atoms with Gasteiger partial charge in [0.1, 0.15) is 6.61 Å². The number of carbonyl (C=O) groups excluding carboxylic acids is 2. The van der Waals surface area contributed by atoms with Crippen molar-refractivity contribution in [1.82, 2.24) is 5.32 Å². The molecule has 0 aromatic carbocycles. The van der Waals surface area contributed by atoms with Crippen LogP contribution in [0.5, 0.6) is 0 Å². The van der Waals surface area contributed by atoms with Crippen LogP contribution in [0, 0.1) is 0 Å². The Labute approximate surface area is 368 Å². The Bertz CT molecular complexity index is 1170. The van der Waals surface area contributed by atoms with Crippen molar-refractivity contribution < 1.29 is 37.6 Å². The number of allylic oxidation sites excluding steroid dienone is 10. The van der Waals surface area contributed by atoms with Crippen LogP contribution in [0.2, 0.25) is 0 Å². The first-order chi connectivity index (χ1) is 29.3. The predicted octanol–water partition coefficient (Wildman–Crippen LogP) is 14.3. The maximum atomic E-state index is 12.7. The van der Waals surface area contributed by atoms with Gasteiger partial charge in [-0.1, -0.05) is 203 Å². The third-order valence-electron chi connectivity index (χ3n) is 10.2. The van der Waals surface area contributed by atoms with E-state index in [4.69, 9.17) is 18.5 Å². The topological polar surface area (TPSA) is 120 Å². The van der Waals surface area contributed by atoms with Gasteiger partial charge in [-0.25, -0.2) is 4.57 Å². The molecule has 60 heavy (non-hydrogen) atoms. The van der Waals surface area contributed by atoms with Crippen LogP contribution >= 0.6 is 7.82 Å². The van der Waals surface area contributed by atoms with Gasteiger partial charge in [-0.15, -0.1) is 0 Å². The highest BCUT2D eigenvalue weighted by Crippen LogP contribution is 2.43. The van der Waals surface area contributed by atoms with Crippen molar-refractivity contribution in [3.63, 3.8) is 0 Å². The molecule has 0 aliphatic carbocycles. The number of carbonyl (C=O) groups is 2. The van der Waals surface area contributed by atoms with Crippen molar-refractivity contribution in [2.24, 2.45) is 0 Å². The van der Waals surface area contributed by atoms with E-state index in [2.05, 4.69) is 67.8 Å². The van der Waals surface area contributed by atoms with E-state index < -0.39 is 32.5 Å². The smallest absolute Gasteiger partial charge is 0.462 e. The average molecular weight is 864 g/mol. The second-order valence-corrected chi connectivity index (χ2v) is 17.4. The third-order valence-corrected chi connectivity index (χ3v) is 11.1. The van der Waals surface area contributed by atoms with Gasteiger partial charge < -0.3 is 19.7 Å². The Morgan fingerprint density at radius 3 is 1.40 bits per heavy atom. The molecule has 0 aliphatic rings. The van der Waals surface area contributed by atoms with Gasteiger partial charge in [0.25, 0.3) is 0 Å². The molecule has 0 amide bonds. The fourth-order valence-electron chi connectivity index (χ4n) is 6.48. The van der Waals surface area contributed by atoms with E-state index in [1.807, 2.05) is 12.2 Å². The maximum absolute atomic E-state index is 12.7. The Kier molecular flexibility index (Phi) is 44.5. The molecule has 10 heteroatoms. The van der Waals surface area contributed by atoms with E-state index in [1.54, 1.807) is 7.05 Å². The zero-order chi connectivity index (χ0) is 43.9. The summed E-state index contributed by atoms with van der Waals surface area (Å²) in [5, 5.41) is 2.82. The molecular formula is C50H90NO8P. The standard InChI is InChI=1S/C50H90NO8P/c1-4-6-8-10-12-14-16-18-20-22-24-26-28-30-32-34-36-38-40-42-49(52)56-46-48(47-58-60(54,55)57-45-44-51-3)59-50(53)43-41-39-37-35-33-31-29-27-25-23-21-19-17-15-13-11-9-7-5-2/h12,14,18,20,24,26,30,32,36,38,48,51H,4-11,13,15-17,19,21-23,25,27-29,31,33-35,37,39-47H2,1-3H3,(H,54,55)/b14-12-,20-18-,26-24-,32-30-,38-36-. The Morgan fingerprint density at radius 1 is 0.517 bits per heavy atom. The lowest BCUT2D eigenvalue weighted by Gasteiger charge is -2.20. The monoisotopic (exact) mass is 864 g/mol. The SMILES string of the molecule is CCCCC/C=C\C/C=C\C/C=C\C/C=C\C/C=C\CCC(=O)OCC(COP(=O)(O)OCCNC)OC(=O)CCCCCCCCCCCCCCCCCCCCC. The minimum Gasteiger partial charge on any atom is -0.462 e. The van der Waals surface area contributed by atoms with Crippen molar-refractivity contribution >= 4 is 19.8 Å². The average Bonchev–Trinajstić information content (AvgIpc) is 3.23. The number of hydrogen-bond acceptors (Lipinski definition) is 8. The first kappa shape index (κ1) is 57.7. The molecule has 0 heterocycles. The summed E-state index contributed by atoms with van der Waals surface area (Å²) in [7, 11) is -2.67. The van der Waals surface area contributed by atoms with Crippen LogP contribution in [-0.2, 0) is 32.7 Å². The summed E-state index contributed by atoms with van der Waals surface area (Å²) in [4.78, 5) is 35.1. The third kappa shape index (κ3) is 45.2. The second kappa shape index (κ2) is 46.2. The van der Waals surface area contributed by atoms with Gasteiger partial charge in [0.2, 0.25) is 0 Å². The van der Waals surface area contributed by atoms with Crippen LogP contribution < -0.4 is 5.32 Å². The molecule has 0 saturated carbocycles. The molecule has 0 saturated heterocycles. The highest BCUT2D eigenvalue weighted by molar-refractivity contribution is 7.47. The summed E-state index contributed by atoms with van der Waals surface area (Å²) < 4.78 is 33.2. The van der Waals surface area contributed by atoms with E-state index in [-0.39, 0.29) is 26.1 Å². The lowest BCUT2D eigenvalue weighted by molar-refractivity contribution is -0.161. The lowest BCUT2D eigenvalue weighted by Crippen LogP contribution is -2.29. The molecular weight excluding hydrogens is 774 g/mol. The van der Waals surface area contributed by atoms with Crippen molar-refractivity contribution in [3.8, 4) is 0 Å². The number of unbranched alkanes of at least 4 members (excludes halogenated alkanes) is 21. The van der Waals surface area contributed by atoms with Gasteiger partial charge in [0, 0.05) is 19.4 Å². The van der Waals surface area contributed by atoms with Crippen LogP contribution in [0.1, 0.15) is 206 Å². The Morgan fingerprint density at radius 2 is 0.933 bits per heavy atom. The quantitative estimate of drug-likeness (QED) is 0.0267. The zero-order valence-electron chi connectivity index (χ0n) is 38.6. The van der Waals surface area contributed by atoms with Gasteiger partial charge in [-0.3, -0.25) is 18.6 Å². The molecule has 348 valence electrons. The summed E-state index contributed by atoms with van der Waals surface area (Å²) in [5.74, 6) is -0.898. The molecule has 0 radical (unpaired) electrons. The summed E-state index contributed by atoms with van der Waals surface area (Å²) in [6.45, 7) is 4.13. The largest absolute Gasteiger partial charge is 0.472 e. The summed E-state index contributed by atoms with van der Waals surface area (Å²) >= 11 is 0. The van der Waals surface area contributed by atoms with Crippen molar-refractivity contribution in [2.45, 2.75) is 213 Å². The fourth-order valence-corrected chi connectivity index (χ4v) is 7.23. The number of rotatable bonds is 45. The van der Waals surface area contributed by atoms with E-state index in [0.717, 1.165) is 38.5 Å². The van der Waals surface area contributed by atoms with Crippen LogP contribution in [0.4, 0.5) is 0 Å². The van der Waals surface area contributed by atoms with E-state index in [0.29, 0.717) is 19.4 Å². The molecule has 0 bridgehead atoms. The van der Waals surface area contributed by atoms with Gasteiger partial charge in [0.05, 0.1) is 13.2 Å². The van der Waals surface area contributed by atoms with Crippen molar-refractivity contribution in [2.75, 3.05) is 33.4 Å². The summed E-state index contributed by atoms with van der Waals surface area (Å²) in [6, 6.07) is 0. The van der Waals surface area contributed by atoms with Gasteiger partial charge >= 0.3 is 19.8 Å². The lowest BCUT2D eigenvalue weighted by atomic mass is 10.0. The van der Waals surface area contributed by atoms with E-state index in [1.165, 1.54) is 128 Å². The van der Waals surface area contributed by atoms with Crippen LogP contribution in [-0.4, -0.2) is 56.3 Å². The number of likely N-dealkylation sites (N-methyl/N-ethyl adjacent to an activating group) is 1. The first-order valence-electron chi connectivity index (χ1n) is 24.2. The Balaban J connectivity index is 4.26. The first-order valence-corrected chi connectivity index (χ1v) is 25.7. The minimum absolute atomic E-state index is 0.0287. The van der Waals surface area contributed by atoms with E-state index in [9.17, 15) is 19.0 Å². The predicted molar refractivity (Wildman–Crippen MR) is 252 cm³/mol. The summed E-state index contributed by atoms with van der Waals surface area (Å²) in [6.07, 6.45) is 54.3. The highest BCUT2D eigenvalue weighted by atomic mass is 31.2. The maximum Gasteiger partial charge on any atom is 0.472 e. The molecule has 2 atom stereocenters. The highest BCUT2D eigenvalue weighted by Gasteiger charge is 2.26. The number of nitrogens with one attached hydrogen (secondary N) is 1. The zero-order valence-corrected chi connectivity index (χ0v) is 39.5. The minimum atomic E-state index is -4.37. The van der Waals surface area contributed by atoms with Crippen molar-refractivity contribution in [3.05, 3.63) is 60.8 Å². The molecule has 2 unspecified atom stereocenters.